The van der Waals surface area contributed by atoms with E-state index < -0.39 is 0 Å². The van der Waals surface area contributed by atoms with Crippen molar-refractivity contribution in [2.75, 3.05) is 27.7 Å². The van der Waals surface area contributed by atoms with Gasteiger partial charge in [-0.2, -0.15) is 0 Å². The van der Waals surface area contributed by atoms with Crippen molar-refractivity contribution in [2.45, 2.75) is 45.1 Å². The largest absolute Gasteiger partial charge is 0.393 e. The Morgan fingerprint density at radius 2 is 1.69 bits per heavy atom. The van der Waals surface area contributed by atoms with Crippen molar-refractivity contribution in [3.05, 3.63) is 0 Å². The normalized spacial score (nSPS) is 14.5. The molecule has 0 rings (SSSR count). The summed E-state index contributed by atoms with van der Waals surface area (Å²) in [7, 11) is 6.67. The molecule has 0 saturated heterocycles. The van der Waals surface area contributed by atoms with Gasteiger partial charge in [0.05, 0.1) is 33.8 Å². The maximum Gasteiger partial charge on any atom is 0.0780 e. The molecule has 1 atom stereocenters. The van der Waals surface area contributed by atoms with Crippen LogP contribution in [0.1, 0.15) is 39.0 Å². The maximum atomic E-state index is 9.31. The summed E-state index contributed by atoms with van der Waals surface area (Å²) in [6.45, 7) is 3.28. The van der Waals surface area contributed by atoms with Gasteiger partial charge in [0.1, 0.15) is 0 Å². The van der Waals surface area contributed by atoms with E-state index in [0.717, 1.165) is 17.3 Å². The van der Waals surface area contributed by atoms with Crippen LogP contribution in [0.25, 0.3) is 0 Å². The topological polar surface area (TPSA) is 20.2 Å². The van der Waals surface area contributed by atoms with E-state index in [4.69, 9.17) is 0 Å². The Labute approximate surface area is 83.2 Å². The predicted octanol–water partition coefficient (Wildman–Crippen LogP) is 2.02. The third kappa shape index (κ3) is 9.84. The molecule has 0 aliphatic rings. The Morgan fingerprint density at radius 1 is 1.08 bits per heavy atom. The average Bonchev–Trinajstić information content (AvgIpc) is 2.01. The molecule has 0 aromatic rings. The van der Waals surface area contributed by atoms with Crippen LogP contribution in [0.4, 0.5) is 0 Å². The number of aliphatic hydroxyl groups is 1. The number of aliphatic hydroxyl groups excluding tert-OH is 1. The van der Waals surface area contributed by atoms with Crippen LogP contribution in [-0.4, -0.2) is 43.4 Å². The van der Waals surface area contributed by atoms with Gasteiger partial charge in [-0.25, -0.2) is 0 Å². The van der Waals surface area contributed by atoms with Crippen LogP contribution < -0.4 is 0 Å². The third-order valence-corrected chi connectivity index (χ3v) is 2.34. The molecule has 0 aliphatic carbocycles. The molecule has 2 heteroatoms. The van der Waals surface area contributed by atoms with E-state index in [1.54, 1.807) is 0 Å². The van der Waals surface area contributed by atoms with Gasteiger partial charge in [-0.3, -0.25) is 0 Å². The zero-order valence-electron chi connectivity index (χ0n) is 9.71. The monoisotopic (exact) mass is 188 g/mol. The van der Waals surface area contributed by atoms with Crippen LogP contribution in [0.2, 0.25) is 0 Å². The van der Waals surface area contributed by atoms with Crippen molar-refractivity contribution < 1.29 is 9.59 Å². The number of unbranched alkanes of at least 4 members (excludes halogenated alkanes) is 2. The molecule has 0 bridgehead atoms. The molecule has 80 valence electrons. The molecule has 0 saturated carbocycles. The number of rotatable bonds is 7. The molecule has 2 nitrogen and oxygen atoms in total. The molecule has 0 aliphatic heterocycles. The fourth-order valence-corrected chi connectivity index (χ4v) is 1.35. The molecular formula is C11H26NO+. The SMILES string of the molecule is CCC(O)CCCCC[N+](C)(C)C. The lowest BCUT2D eigenvalue weighted by molar-refractivity contribution is -0.870. The van der Waals surface area contributed by atoms with E-state index >= 15 is 0 Å². The lowest BCUT2D eigenvalue weighted by Crippen LogP contribution is -2.35. The molecule has 0 fully saturated rings. The second-order valence-electron chi connectivity index (χ2n) is 4.93. The Hall–Kier alpha value is -0.0800. The van der Waals surface area contributed by atoms with Crippen LogP contribution >= 0.6 is 0 Å². The fraction of sp³-hybridized carbons (Fsp3) is 1.00. The van der Waals surface area contributed by atoms with Gasteiger partial charge in [-0.1, -0.05) is 13.3 Å². The summed E-state index contributed by atoms with van der Waals surface area (Å²) in [6, 6.07) is 0. The summed E-state index contributed by atoms with van der Waals surface area (Å²) in [5.41, 5.74) is 0. The summed E-state index contributed by atoms with van der Waals surface area (Å²) in [6.07, 6.45) is 5.52. The van der Waals surface area contributed by atoms with Crippen LogP contribution in [0.3, 0.4) is 0 Å². The van der Waals surface area contributed by atoms with Gasteiger partial charge < -0.3 is 9.59 Å². The zero-order chi connectivity index (χ0) is 10.3. The molecule has 1 unspecified atom stereocenters. The average molecular weight is 188 g/mol. The summed E-state index contributed by atoms with van der Waals surface area (Å²) in [5.74, 6) is 0. The van der Waals surface area contributed by atoms with Gasteiger partial charge >= 0.3 is 0 Å². The van der Waals surface area contributed by atoms with Gasteiger partial charge in [0.25, 0.3) is 0 Å². The Bertz CT molecular complexity index is 118. The first-order chi connectivity index (χ1) is 5.95. The first kappa shape index (κ1) is 12.9. The Morgan fingerprint density at radius 3 is 2.15 bits per heavy atom. The van der Waals surface area contributed by atoms with Gasteiger partial charge in [-0.05, 0) is 25.7 Å². The zero-order valence-corrected chi connectivity index (χ0v) is 9.71. The van der Waals surface area contributed by atoms with Gasteiger partial charge in [0.2, 0.25) is 0 Å². The van der Waals surface area contributed by atoms with Crippen molar-refractivity contribution in [1.29, 1.82) is 0 Å². The molecule has 13 heavy (non-hydrogen) atoms. The highest BCUT2D eigenvalue weighted by atomic mass is 16.3. The second kappa shape index (κ2) is 6.39. The highest BCUT2D eigenvalue weighted by molar-refractivity contribution is 4.52. The lowest BCUT2D eigenvalue weighted by Gasteiger charge is -2.23. The molecule has 0 heterocycles. The smallest absolute Gasteiger partial charge is 0.0780 e. The van der Waals surface area contributed by atoms with Crippen molar-refractivity contribution >= 4 is 0 Å². The standard InChI is InChI=1S/C11H26NO/c1-5-11(13)9-7-6-8-10-12(2,3)4/h11,13H,5-10H2,1-4H3/q+1. The number of nitrogens with zero attached hydrogens (tertiary/aromatic N) is 1. The highest BCUT2D eigenvalue weighted by Gasteiger charge is 2.06. The number of quaternary nitrogens is 1. The molecule has 0 spiro atoms. The molecule has 0 radical (unpaired) electrons. The fourth-order valence-electron chi connectivity index (χ4n) is 1.35. The molecule has 0 amide bonds. The Balaban J connectivity index is 3.18. The van der Waals surface area contributed by atoms with Crippen molar-refractivity contribution in [3.8, 4) is 0 Å². The molecule has 1 N–H and O–H groups in total. The first-order valence-corrected chi connectivity index (χ1v) is 5.44. The summed E-state index contributed by atoms with van der Waals surface area (Å²) < 4.78 is 1.05. The van der Waals surface area contributed by atoms with E-state index in [2.05, 4.69) is 21.1 Å². The summed E-state index contributed by atoms with van der Waals surface area (Å²) in [4.78, 5) is 0. The van der Waals surface area contributed by atoms with E-state index in [9.17, 15) is 5.11 Å². The first-order valence-electron chi connectivity index (χ1n) is 5.44. The van der Waals surface area contributed by atoms with Crippen LogP contribution in [-0.2, 0) is 0 Å². The minimum atomic E-state index is -0.0656. The number of hydrogen-bond acceptors (Lipinski definition) is 1. The third-order valence-electron chi connectivity index (χ3n) is 2.34. The molecule has 0 aromatic heterocycles. The Kier molecular flexibility index (Phi) is 6.35. The van der Waals surface area contributed by atoms with Gasteiger partial charge in [0.15, 0.2) is 0 Å². The minimum absolute atomic E-state index is 0.0656. The second-order valence-corrected chi connectivity index (χ2v) is 4.93. The lowest BCUT2D eigenvalue weighted by atomic mass is 10.1. The van der Waals surface area contributed by atoms with Crippen molar-refractivity contribution in [1.82, 2.24) is 0 Å². The highest BCUT2D eigenvalue weighted by Crippen LogP contribution is 2.07. The summed E-state index contributed by atoms with van der Waals surface area (Å²) >= 11 is 0. The van der Waals surface area contributed by atoms with E-state index in [-0.39, 0.29) is 6.10 Å². The van der Waals surface area contributed by atoms with Gasteiger partial charge in [0, 0.05) is 0 Å². The summed E-state index contributed by atoms with van der Waals surface area (Å²) in [5, 5.41) is 9.31. The van der Waals surface area contributed by atoms with E-state index in [1.165, 1.54) is 25.8 Å². The van der Waals surface area contributed by atoms with Crippen molar-refractivity contribution in [2.24, 2.45) is 0 Å². The quantitative estimate of drug-likeness (QED) is 0.479. The molecular weight excluding hydrogens is 162 g/mol. The number of hydrogen-bond donors (Lipinski definition) is 1. The van der Waals surface area contributed by atoms with Crippen LogP contribution in [0.15, 0.2) is 0 Å². The minimum Gasteiger partial charge on any atom is -0.393 e. The van der Waals surface area contributed by atoms with Crippen LogP contribution in [0, 0.1) is 0 Å². The predicted molar refractivity (Wildman–Crippen MR) is 57.7 cm³/mol. The van der Waals surface area contributed by atoms with E-state index in [0.29, 0.717) is 0 Å². The van der Waals surface area contributed by atoms with Gasteiger partial charge in [-0.15, -0.1) is 0 Å². The van der Waals surface area contributed by atoms with E-state index in [1.807, 2.05) is 6.92 Å². The van der Waals surface area contributed by atoms with Crippen molar-refractivity contribution in [3.63, 3.8) is 0 Å². The van der Waals surface area contributed by atoms with Crippen LogP contribution in [0.5, 0.6) is 0 Å². The molecule has 0 aromatic carbocycles. The maximum absolute atomic E-state index is 9.31.